The number of anilines is 1. The number of carboxylic acid groups (broad SMARTS) is 6. The van der Waals surface area contributed by atoms with Crippen molar-refractivity contribution >= 4 is 98.0 Å². The summed E-state index contributed by atoms with van der Waals surface area (Å²) in [5.74, 6) is -6.76. The van der Waals surface area contributed by atoms with Crippen LogP contribution in [0.4, 0.5) is 20.1 Å². The first kappa shape index (κ1) is 84.1. The Morgan fingerprint density at radius 1 is 0.536 bits per heavy atom. The zero-order valence-corrected chi connectivity index (χ0v) is 48.2. The number of aromatic hydroxyl groups is 1. The number of nitrogen functional groups attached to an aromatic ring is 1. The van der Waals surface area contributed by atoms with Crippen molar-refractivity contribution in [1.82, 2.24) is 31.9 Å². The molecule has 0 aliphatic heterocycles. The molecule has 472 valence electrons. The number of phenolic OH excluding ortho intramolecular Hbond substituents is 1. The molecule has 6 amide bonds. The van der Waals surface area contributed by atoms with Gasteiger partial charge in [0.2, 0.25) is 7.37 Å². The van der Waals surface area contributed by atoms with Gasteiger partial charge in [-0.2, -0.15) is 41.4 Å². The average molecular weight is 1240 g/mol. The molecule has 0 radical (unpaired) electrons. The largest absolute Gasteiger partial charge is 0.508 e. The van der Waals surface area contributed by atoms with Crippen molar-refractivity contribution in [1.29, 1.82) is 0 Å². The van der Waals surface area contributed by atoms with Gasteiger partial charge >= 0.3 is 72.4 Å². The third-order valence-electron chi connectivity index (χ3n) is 10.1. The maximum atomic E-state index is 11.8. The summed E-state index contributed by atoms with van der Waals surface area (Å²) in [5, 5.41) is 76.7. The summed E-state index contributed by atoms with van der Waals surface area (Å²) in [4.78, 5) is 155. The second kappa shape index (κ2) is 53.6. The number of phenols is 1. The number of carboxylic acids is 6. The molecule has 4 unspecified atom stereocenters. The maximum Gasteiger partial charge on any atom is 0.373 e. The number of hydrogen-bond donors (Lipinski definition) is 17. The van der Waals surface area contributed by atoms with Gasteiger partial charge in [-0.1, -0.05) is 24.3 Å². The van der Waals surface area contributed by atoms with Crippen LogP contribution >= 0.6 is 20.0 Å². The molecule has 18 N–H and O–H groups in total. The first-order chi connectivity index (χ1) is 39.3. The molecule has 0 saturated carbocycles. The van der Waals surface area contributed by atoms with Crippen LogP contribution in [0.2, 0.25) is 0 Å². The average Bonchev–Trinajstić information content (AvgIpc) is 3.42. The van der Waals surface area contributed by atoms with Gasteiger partial charge in [-0.15, -0.1) is 0 Å². The third-order valence-corrected chi connectivity index (χ3v) is 12.4. The van der Waals surface area contributed by atoms with Crippen LogP contribution in [0.15, 0.2) is 48.5 Å². The zero-order chi connectivity index (χ0) is 65.6. The number of rotatable bonds is 31. The van der Waals surface area contributed by atoms with Gasteiger partial charge in [0.05, 0.1) is 5.92 Å². The van der Waals surface area contributed by atoms with Crippen LogP contribution < -0.4 is 43.4 Å². The molecule has 84 heavy (non-hydrogen) atoms. The van der Waals surface area contributed by atoms with E-state index < -0.39 is 73.9 Å². The van der Waals surface area contributed by atoms with Crippen molar-refractivity contribution in [3.63, 3.8) is 0 Å². The van der Waals surface area contributed by atoms with Crippen molar-refractivity contribution in [3.05, 3.63) is 59.7 Å². The first-order valence-electron chi connectivity index (χ1n) is 25.0. The summed E-state index contributed by atoms with van der Waals surface area (Å²) in [6.07, 6.45) is 2.41. The SMILES string of the molecule is CC(CCC(=O)O)NC(=O)NCCc1ccc(O)cc1.C[C@H](CCC(=O)O)NC(=O)NCCCS.C[C@H](CCC(=O)O)NC(=O)NCCc1ccc(N)cc1.NC(CCP(=O)(O)CC(CCC(=O)O)C(=O)O)C(=O)O.O=C=O.O=C=O.O=C=O. The summed E-state index contributed by atoms with van der Waals surface area (Å²) in [5.41, 5.74) is 13.6. The molecule has 34 heteroatoms. The van der Waals surface area contributed by atoms with Crippen LogP contribution in [0.25, 0.3) is 0 Å². The van der Waals surface area contributed by atoms with Gasteiger partial charge in [0.25, 0.3) is 0 Å². The lowest BCUT2D eigenvalue weighted by Crippen LogP contribution is -2.41. The van der Waals surface area contributed by atoms with Crippen LogP contribution in [0, 0.1) is 5.92 Å². The Hall–Kier alpha value is -8.69. The molecule has 0 aliphatic rings. The fourth-order valence-corrected chi connectivity index (χ4v) is 7.87. The van der Waals surface area contributed by atoms with Crippen molar-refractivity contribution in [3.8, 4) is 5.75 Å². The molecule has 0 bridgehead atoms. The minimum Gasteiger partial charge on any atom is -0.508 e. The molecule has 0 aliphatic carbocycles. The van der Waals surface area contributed by atoms with Crippen molar-refractivity contribution in [2.45, 2.75) is 122 Å². The van der Waals surface area contributed by atoms with E-state index in [2.05, 4.69) is 44.5 Å². The van der Waals surface area contributed by atoms with E-state index in [-0.39, 0.29) is 92.5 Å². The predicted molar refractivity (Wildman–Crippen MR) is 296 cm³/mol. The lowest BCUT2D eigenvalue weighted by Gasteiger charge is -2.17. The van der Waals surface area contributed by atoms with E-state index in [4.69, 9.17) is 76.0 Å². The maximum absolute atomic E-state index is 11.8. The Labute approximate surface area is 488 Å². The Morgan fingerprint density at radius 3 is 1.17 bits per heavy atom. The van der Waals surface area contributed by atoms with Gasteiger partial charge in [0.1, 0.15) is 11.8 Å². The fourth-order valence-electron chi connectivity index (χ4n) is 5.82. The smallest absolute Gasteiger partial charge is 0.373 e. The van der Waals surface area contributed by atoms with Crippen LogP contribution in [-0.4, -0.2) is 175 Å². The molecular weight excluding hydrogens is 1160 g/mol. The van der Waals surface area contributed by atoms with E-state index in [1.807, 2.05) is 24.3 Å². The first-order valence-corrected chi connectivity index (χ1v) is 27.7. The second-order valence-electron chi connectivity index (χ2n) is 17.4. The Balaban J connectivity index is -0.000000316. The topological polar surface area (TPSA) is 559 Å². The molecule has 0 spiro atoms. The van der Waals surface area contributed by atoms with Crippen LogP contribution in [0.5, 0.6) is 5.75 Å². The summed E-state index contributed by atoms with van der Waals surface area (Å²) < 4.78 is 11.8. The van der Waals surface area contributed by atoms with Gasteiger partial charge in [-0.25, -0.2) is 14.4 Å². The number of carbonyl (C=O) groups excluding carboxylic acids is 9. The monoisotopic (exact) mass is 1240 g/mol. The number of hydrogen-bond acceptors (Lipinski definition) is 20. The number of aliphatic carboxylic acids is 6. The Morgan fingerprint density at radius 2 is 0.857 bits per heavy atom. The highest BCUT2D eigenvalue weighted by Gasteiger charge is 2.30. The normalized spacial score (nSPS) is 12.0. The summed E-state index contributed by atoms with van der Waals surface area (Å²) in [6.45, 7) is 6.90. The Kier molecular flexibility index (Phi) is 53.7. The summed E-state index contributed by atoms with van der Waals surface area (Å²) in [6, 6.07) is 11.7. The highest BCUT2D eigenvalue weighted by molar-refractivity contribution is 7.80. The van der Waals surface area contributed by atoms with Crippen molar-refractivity contribution in [2.24, 2.45) is 11.7 Å². The summed E-state index contributed by atoms with van der Waals surface area (Å²) >= 11 is 4.01. The van der Waals surface area contributed by atoms with E-state index in [0.717, 1.165) is 29.7 Å². The molecule has 2 aromatic rings. The lowest BCUT2D eigenvalue weighted by molar-refractivity contribution is -0.193. The minimum atomic E-state index is -3.87. The van der Waals surface area contributed by atoms with Gasteiger partial charge in [0.15, 0.2) is 0 Å². The van der Waals surface area contributed by atoms with E-state index in [1.54, 1.807) is 45.0 Å². The quantitative estimate of drug-likeness (QED) is 0.0220. The van der Waals surface area contributed by atoms with Crippen LogP contribution in [-0.2, 0) is 74.9 Å². The lowest BCUT2D eigenvalue weighted by atomic mass is 10.1. The summed E-state index contributed by atoms with van der Waals surface area (Å²) in [7, 11) is -3.87. The molecular formula is C50H77N8O24PS. The molecule has 0 heterocycles. The number of nitrogens with two attached hydrogens (primary N) is 2. The van der Waals surface area contributed by atoms with Crippen molar-refractivity contribution < 1.29 is 117 Å². The van der Waals surface area contributed by atoms with Gasteiger partial charge in [0, 0.05) is 81.5 Å². The number of nitrogens with one attached hydrogen (secondary N) is 6. The van der Waals surface area contributed by atoms with Crippen LogP contribution in [0.1, 0.15) is 96.1 Å². The standard InChI is InChI=1S/C14H21N3O3.C14H20N2O4.C10H18NO8P.C9H18N2O3S.3CO2/c1-10(2-7-13(18)19)17-14(20)16-9-8-11-3-5-12(15)6-4-11;1-10(2-7-13(18)19)16-14(20)15-9-8-11-3-5-12(17)6-4-11;11-7(10(16)17)3-4-20(18,19)5-6(9(14)15)1-2-8(12)13;1-7(3-4-8(12)13)11-9(14)10-5-2-6-15;3*2-1-3/h3-6,10H,2,7-9,15H2,1H3,(H,18,19)(H2,16,17,20);3-6,10,17H,2,7-9H2,1H3,(H,18,19)(H2,15,16,20);6-7H,1-5,11H2,(H,12,13)(H,14,15)(H,16,17)(H,18,19);7,15H,2-6H2,1H3,(H,12,13)(H2,10,11,14);;;/t10-;;;7-;;;/m1..1.../s1. The van der Waals surface area contributed by atoms with E-state index in [0.29, 0.717) is 51.0 Å². The van der Waals surface area contributed by atoms with Crippen LogP contribution in [0.3, 0.4) is 0 Å². The minimum absolute atomic E-state index is 0.0367. The van der Waals surface area contributed by atoms with E-state index in [1.165, 1.54) is 0 Å². The third kappa shape index (κ3) is 60.9. The predicted octanol–water partition coefficient (Wildman–Crippen LogP) is 1.58. The fraction of sp³-hybridized carbons (Fsp3) is 0.520. The Bertz CT molecular complexity index is 2290. The molecule has 32 nitrogen and oxygen atoms in total. The molecule has 2 aromatic carbocycles. The highest BCUT2D eigenvalue weighted by atomic mass is 32.1. The van der Waals surface area contributed by atoms with Gasteiger partial charge in [-0.3, -0.25) is 33.3 Å². The number of amides is 6. The highest BCUT2D eigenvalue weighted by Crippen LogP contribution is 2.44. The molecule has 0 aromatic heterocycles. The molecule has 6 atom stereocenters. The van der Waals surface area contributed by atoms with Crippen molar-refractivity contribution in [2.75, 3.05) is 43.4 Å². The van der Waals surface area contributed by atoms with Gasteiger partial charge < -0.3 is 84.0 Å². The molecule has 0 saturated heterocycles. The number of thiol groups is 1. The van der Waals surface area contributed by atoms with E-state index in [9.17, 15) is 52.6 Å². The number of benzene rings is 2. The number of carbonyl (C=O) groups is 9. The molecule has 0 fully saturated rings. The molecule has 2 rings (SSSR count). The van der Waals surface area contributed by atoms with E-state index >= 15 is 0 Å². The number of urea groups is 3. The van der Waals surface area contributed by atoms with Gasteiger partial charge in [-0.05, 0) is 113 Å². The zero-order valence-electron chi connectivity index (χ0n) is 46.4. The second-order valence-corrected chi connectivity index (χ2v) is 20.3.